The van der Waals surface area contributed by atoms with Gasteiger partial charge >= 0.3 is 0 Å². The van der Waals surface area contributed by atoms with Crippen molar-refractivity contribution in [2.24, 2.45) is 7.05 Å². The molecule has 1 heterocycles. The number of ether oxygens (including phenoxy) is 1. The summed E-state index contributed by atoms with van der Waals surface area (Å²) in [6, 6.07) is -0.00238. The van der Waals surface area contributed by atoms with E-state index in [1.54, 1.807) is 0 Å². The molecule has 1 aromatic heterocycles. The number of aryl methyl sites for hydroxylation is 2. The van der Waals surface area contributed by atoms with Crippen LogP contribution in [0.4, 0.5) is 0 Å². The summed E-state index contributed by atoms with van der Waals surface area (Å²) in [6.07, 6.45) is 6.08. The molecule has 130 valence electrons. The Labute approximate surface area is 139 Å². The molecule has 0 unspecified atom stereocenters. The van der Waals surface area contributed by atoms with E-state index in [2.05, 4.69) is 24.3 Å². The molecule has 1 saturated carbocycles. The van der Waals surface area contributed by atoms with Gasteiger partial charge in [0.2, 0.25) is 5.91 Å². The predicted octanol–water partition coefficient (Wildman–Crippen LogP) is 3.34. The van der Waals surface area contributed by atoms with Crippen molar-refractivity contribution in [3.05, 3.63) is 17.0 Å². The number of aromatic nitrogens is 2. The van der Waals surface area contributed by atoms with Crippen LogP contribution in [0.5, 0.6) is 0 Å². The van der Waals surface area contributed by atoms with Crippen molar-refractivity contribution < 1.29 is 9.53 Å². The summed E-state index contributed by atoms with van der Waals surface area (Å²) in [4.78, 5) is 12.7. The Hall–Kier alpha value is -1.36. The summed E-state index contributed by atoms with van der Waals surface area (Å²) in [7, 11) is 1.94. The second-order valence-electron chi connectivity index (χ2n) is 6.62. The molecule has 0 radical (unpaired) electrons. The highest BCUT2D eigenvalue weighted by molar-refractivity contribution is 5.81. The SMILES string of the molecule is CC[C@@H](OC1CCCC1)C(=O)N[C@H](CC)c1c(C)nn(C)c1C. The fraction of sp³-hybridized carbons (Fsp3) is 0.778. The van der Waals surface area contributed by atoms with Gasteiger partial charge in [0.1, 0.15) is 6.10 Å². The maximum absolute atomic E-state index is 12.7. The molecule has 2 atom stereocenters. The van der Waals surface area contributed by atoms with Gasteiger partial charge in [0, 0.05) is 18.3 Å². The topological polar surface area (TPSA) is 56.1 Å². The minimum absolute atomic E-state index is 0.00238. The molecule has 5 heteroatoms. The lowest BCUT2D eigenvalue weighted by molar-refractivity contribution is -0.137. The third kappa shape index (κ3) is 4.14. The van der Waals surface area contributed by atoms with E-state index in [1.807, 2.05) is 25.6 Å². The Morgan fingerprint density at radius 2 is 1.96 bits per heavy atom. The number of hydrogen-bond donors (Lipinski definition) is 1. The van der Waals surface area contributed by atoms with Gasteiger partial charge in [0.05, 0.1) is 17.8 Å². The van der Waals surface area contributed by atoms with E-state index >= 15 is 0 Å². The maximum atomic E-state index is 12.7. The molecule has 0 bridgehead atoms. The highest BCUT2D eigenvalue weighted by Crippen LogP contribution is 2.26. The lowest BCUT2D eigenvalue weighted by Crippen LogP contribution is -2.40. The van der Waals surface area contributed by atoms with Gasteiger partial charge < -0.3 is 10.1 Å². The van der Waals surface area contributed by atoms with Gasteiger partial charge in [-0.2, -0.15) is 5.10 Å². The summed E-state index contributed by atoms with van der Waals surface area (Å²) in [5, 5.41) is 7.65. The molecule has 1 aliphatic carbocycles. The van der Waals surface area contributed by atoms with Crippen LogP contribution in [0.3, 0.4) is 0 Å². The number of rotatable bonds is 7. The van der Waals surface area contributed by atoms with E-state index < -0.39 is 0 Å². The summed E-state index contributed by atoms with van der Waals surface area (Å²) in [6.45, 7) is 8.16. The molecule has 0 aliphatic heterocycles. The van der Waals surface area contributed by atoms with Crippen molar-refractivity contribution in [2.45, 2.75) is 84.5 Å². The number of nitrogens with zero attached hydrogens (tertiary/aromatic N) is 2. The van der Waals surface area contributed by atoms with E-state index in [9.17, 15) is 4.79 Å². The molecular weight excluding hydrogens is 290 g/mol. The summed E-state index contributed by atoms with van der Waals surface area (Å²) in [5.74, 6) is 0.00824. The molecular formula is C18H31N3O2. The molecule has 5 nitrogen and oxygen atoms in total. The molecule has 2 rings (SSSR count). The monoisotopic (exact) mass is 321 g/mol. The van der Waals surface area contributed by atoms with E-state index in [0.29, 0.717) is 6.42 Å². The van der Waals surface area contributed by atoms with Gasteiger partial charge in [-0.25, -0.2) is 0 Å². The predicted molar refractivity (Wildman–Crippen MR) is 91.3 cm³/mol. The normalized spacial score (nSPS) is 18.1. The van der Waals surface area contributed by atoms with Crippen LogP contribution in [0, 0.1) is 13.8 Å². The highest BCUT2D eigenvalue weighted by Gasteiger charge is 2.27. The zero-order valence-corrected chi connectivity index (χ0v) is 15.2. The molecule has 1 aromatic rings. The van der Waals surface area contributed by atoms with Crippen LogP contribution in [-0.4, -0.2) is 27.9 Å². The first kappa shape index (κ1) is 18.0. The lowest BCUT2D eigenvalue weighted by Gasteiger charge is -2.24. The molecule has 1 fully saturated rings. The van der Waals surface area contributed by atoms with Crippen molar-refractivity contribution >= 4 is 5.91 Å². The van der Waals surface area contributed by atoms with Gasteiger partial charge in [0.25, 0.3) is 0 Å². The van der Waals surface area contributed by atoms with Crippen LogP contribution in [0.25, 0.3) is 0 Å². The molecule has 1 amide bonds. The van der Waals surface area contributed by atoms with E-state index in [4.69, 9.17) is 4.74 Å². The van der Waals surface area contributed by atoms with Crippen molar-refractivity contribution in [2.75, 3.05) is 0 Å². The standard InChI is InChI=1S/C18H31N3O2/c1-6-15(17-12(3)20-21(5)13(17)4)19-18(22)16(7-2)23-14-10-8-9-11-14/h14-16H,6-11H2,1-5H3,(H,19,22)/t15-,16-/m1/s1. The molecule has 1 aliphatic rings. The van der Waals surface area contributed by atoms with Gasteiger partial charge in [-0.3, -0.25) is 9.48 Å². The average Bonchev–Trinajstić information content (AvgIpc) is 3.12. The van der Waals surface area contributed by atoms with E-state index in [1.165, 1.54) is 12.8 Å². The maximum Gasteiger partial charge on any atom is 0.249 e. The van der Waals surface area contributed by atoms with E-state index in [0.717, 1.165) is 36.2 Å². The molecule has 0 spiro atoms. The lowest BCUT2D eigenvalue weighted by atomic mass is 10.0. The summed E-state index contributed by atoms with van der Waals surface area (Å²) in [5.41, 5.74) is 3.24. The molecule has 23 heavy (non-hydrogen) atoms. The zero-order chi connectivity index (χ0) is 17.0. The second kappa shape index (κ2) is 7.95. The highest BCUT2D eigenvalue weighted by atomic mass is 16.5. The third-order valence-corrected chi connectivity index (χ3v) is 4.96. The average molecular weight is 321 g/mol. The number of carbonyl (C=O) groups excluding carboxylic acids is 1. The Kier molecular flexibility index (Phi) is 6.22. The Morgan fingerprint density at radius 3 is 2.43 bits per heavy atom. The third-order valence-electron chi connectivity index (χ3n) is 4.96. The fourth-order valence-electron chi connectivity index (χ4n) is 3.54. The van der Waals surface area contributed by atoms with Crippen LogP contribution in [0.2, 0.25) is 0 Å². The van der Waals surface area contributed by atoms with Crippen LogP contribution in [0.1, 0.15) is 75.4 Å². The van der Waals surface area contributed by atoms with Gasteiger partial charge in [0.15, 0.2) is 0 Å². The Morgan fingerprint density at radius 1 is 1.30 bits per heavy atom. The molecule has 0 saturated heterocycles. The number of carbonyl (C=O) groups is 1. The molecule has 1 N–H and O–H groups in total. The van der Waals surface area contributed by atoms with Crippen molar-refractivity contribution in [3.8, 4) is 0 Å². The fourth-order valence-corrected chi connectivity index (χ4v) is 3.54. The van der Waals surface area contributed by atoms with Gasteiger partial charge in [-0.05, 0) is 39.5 Å². The first-order valence-corrected chi connectivity index (χ1v) is 8.93. The van der Waals surface area contributed by atoms with Crippen LogP contribution in [0.15, 0.2) is 0 Å². The summed E-state index contributed by atoms with van der Waals surface area (Å²) < 4.78 is 7.92. The molecule has 0 aromatic carbocycles. The van der Waals surface area contributed by atoms with Crippen molar-refractivity contribution in [1.29, 1.82) is 0 Å². The first-order chi connectivity index (χ1) is 11.0. The number of nitrogens with one attached hydrogen (secondary N) is 1. The number of hydrogen-bond acceptors (Lipinski definition) is 3. The minimum atomic E-state index is -0.343. The quantitative estimate of drug-likeness (QED) is 0.838. The number of amides is 1. The van der Waals surface area contributed by atoms with Crippen LogP contribution < -0.4 is 5.32 Å². The Bertz CT molecular complexity index is 533. The Balaban J connectivity index is 2.05. The van der Waals surface area contributed by atoms with Gasteiger partial charge in [-0.15, -0.1) is 0 Å². The second-order valence-corrected chi connectivity index (χ2v) is 6.62. The minimum Gasteiger partial charge on any atom is -0.365 e. The van der Waals surface area contributed by atoms with Crippen molar-refractivity contribution in [1.82, 2.24) is 15.1 Å². The first-order valence-electron chi connectivity index (χ1n) is 8.93. The van der Waals surface area contributed by atoms with Gasteiger partial charge in [-0.1, -0.05) is 26.7 Å². The van der Waals surface area contributed by atoms with Crippen LogP contribution >= 0.6 is 0 Å². The van der Waals surface area contributed by atoms with Crippen molar-refractivity contribution in [3.63, 3.8) is 0 Å². The van der Waals surface area contributed by atoms with Crippen LogP contribution in [-0.2, 0) is 16.6 Å². The van der Waals surface area contributed by atoms with E-state index in [-0.39, 0.29) is 24.2 Å². The smallest absolute Gasteiger partial charge is 0.249 e. The largest absolute Gasteiger partial charge is 0.365 e. The zero-order valence-electron chi connectivity index (χ0n) is 15.2. The summed E-state index contributed by atoms with van der Waals surface area (Å²) >= 11 is 0.